The van der Waals surface area contributed by atoms with Crippen molar-refractivity contribution in [1.82, 2.24) is 9.88 Å². The van der Waals surface area contributed by atoms with Crippen molar-refractivity contribution in [2.24, 2.45) is 0 Å². The number of hydrogen-bond donors (Lipinski definition) is 0. The summed E-state index contributed by atoms with van der Waals surface area (Å²) >= 11 is 1.51. The van der Waals surface area contributed by atoms with Crippen LogP contribution in [0.5, 0.6) is 0 Å². The molecule has 0 radical (unpaired) electrons. The summed E-state index contributed by atoms with van der Waals surface area (Å²) in [5.74, 6) is 0.146. The molecule has 148 valence electrons. The molecule has 1 amide bonds. The molecule has 6 heteroatoms. The highest BCUT2D eigenvalue weighted by Gasteiger charge is 2.30. The van der Waals surface area contributed by atoms with Crippen LogP contribution in [0.4, 0.5) is 5.69 Å². The Balaban J connectivity index is 1.56. The van der Waals surface area contributed by atoms with Gasteiger partial charge in [-0.1, -0.05) is 31.2 Å². The molecule has 3 aromatic rings. The highest BCUT2D eigenvalue weighted by molar-refractivity contribution is 7.12. The van der Waals surface area contributed by atoms with Crippen molar-refractivity contribution in [2.75, 3.05) is 24.5 Å². The van der Waals surface area contributed by atoms with E-state index in [1.807, 2.05) is 41.8 Å². The molecule has 0 saturated carbocycles. The number of fused-ring (bicyclic) bond motifs is 1. The van der Waals surface area contributed by atoms with Gasteiger partial charge in [0.15, 0.2) is 0 Å². The molecule has 0 bridgehead atoms. The zero-order valence-electron chi connectivity index (χ0n) is 16.5. The first-order valence-corrected chi connectivity index (χ1v) is 11.0. The molecule has 1 aliphatic heterocycles. The van der Waals surface area contributed by atoms with Gasteiger partial charge in [-0.15, -0.1) is 11.3 Å². The van der Waals surface area contributed by atoms with Crippen LogP contribution in [-0.4, -0.2) is 41.5 Å². The second-order valence-corrected chi connectivity index (χ2v) is 8.29. The minimum atomic E-state index is 0.146. The average Bonchev–Trinajstić information content (AvgIpc) is 3.31. The van der Waals surface area contributed by atoms with Crippen molar-refractivity contribution >= 4 is 33.8 Å². The SMILES string of the molecule is CCCN(C(=O)c1cccs1)C1CCN(c2c(C#N)cnc3ccccc23)CC1. The van der Waals surface area contributed by atoms with Gasteiger partial charge in [0.1, 0.15) is 6.07 Å². The van der Waals surface area contributed by atoms with E-state index in [9.17, 15) is 10.1 Å². The number of nitrogens with zero attached hydrogens (tertiary/aromatic N) is 4. The molecule has 4 rings (SSSR count). The number of anilines is 1. The van der Waals surface area contributed by atoms with Gasteiger partial charge in [-0.3, -0.25) is 9.78 Å². The van der Waals surface area contributed by atoms with E-state index in [1.54, 1.807) is 6.20 Å². The van der Waals surface area contributed by atoms with Gasteiger partial charge in [0.05, 0.1) is 21.6 Å². The van der Waals surface area contributed by atoms with Gasteiger partial charge in [-0.25, -0.2) is 0 Å². The molecule has 1 saturated heterocycles. The first-order chi connectivity index (χ1) is 14.2. The van der Waals surface area contributed by atoms with Crippen molar-refractivity contribution < 1.29 is 4.79 Å². The van der Waals surface area contributed by atoms with Gasteiger partial charge in [0.25, 0.3) is 5.91 Å². The van der Waals surface area contributed by atoms with Crippen LogP contribution in [0, 0.1) is 11.3 Å². The summed E-state index contributed by atoms with van der Waals surface area (Å²) < 4.78 is 0. The number of hydrogen-bond acceptors (Lipinski definition) is 5. The van der Waals surface area contributed by atoms with Crippen LogP contribution < -0.4 is 4.90 Å². The van der Waals surface area contributed by atoms with Gasteiger partial charge in [-0.05, 0) is 36.8 Å². The summed E-state index contributed by atoms with van der Waals surface area (Å²) in [6, 6.07) is 14.4. The molecule has 1 aromatic carbocycles. The number of para-hydroxylation sites is 1. The quantitative estimate of drug-likeness (QED) is 0.619. The molecule has 0 aliphatic carbocycles. The van der Waals surface area contributed by atoms with Crippen molar-refractivity contribution in [2.45, 2.75) is 32.2 Å². The fourth-order valence-corrected chi connectivity index (χ4v) is 4.86. The molecule has 5 nitrogen and oxygen atoms in total. The Morgan fingerprint density at radius 2 is 2.07 bits per heavy atom. The zero-order chi connectivity index (χ0) is 20.2. The minimum Gasteiger partial charge on any atom is -0.370 e. The minimum absolute atomic E-state index is 0.146. The largest absolute Gasteiger partial charge is 0.370 e. The van der Waals surface area contributed by atoms with E-state index in [0.29, 0.717) is 5.56 Å². The second kappa shape index (κ2) is 8.62. The topological polar surface area (TPSA) is 60.2 Å². The molecule has 0 N–H and O–H groups in total. The fourth-order valence-electron chi connectivity index (χ4n) is 4.18. The van der Waals surface area contributed by atoms with E-state index in [0.717, 1.165) is 60.4 Å². The summed E-state index contributed by atoms with van der Waals surface area (Å²) in [6.07, 6.45) is 4.43. The summed E-state index contributed by atoms with van der Waals surface area (Å²) in [7, 11) is 0. The number of carbonyl (C=O) groups excluding carboxylic acids is 1. The van der Waals surface area contributed by atoms with Crippen molar-refractivity contribution in [3.05, 3.63) is 58.4 Å². The van der Waals surface area contributed by atoms with Gasteiger partial charge < -0.3 is 9.80 Å². The molecule has 1 fully saturated rings. The van der Waals surface area contributed by atoms with Gasteiger partial charge >= 0.3 is 0 Å². The Hall–Kier alpha value is -2.91. The Kier molecular flexibility index (Phi) is 5.77. The number of thiophene rings is 1. The Bertz CT molecular complexity index is 1030. The second-order valence-electron chi connectivity index (χ2n) is 7.34. The van der Waals surface area contributed by atoms with E-state index in [4.69, 9.17) is 0 Å². The predicted octanol–water partition coefficient (Wildman–Crippen LogP) is 4.69. The molecule has 29 heavy (non-hydrogen) atoms. The highest BCUT2D eigenvalue weighted by atomic mass is 32.1. The molecule has 3 heterocycles. The predicted molar refractivity (Wildman–Crippen MR) is 117 cm³/mol. The number of piperidine rings is 1. The highest BCUT2D eigenvalue weighted by Crippen LogP contribution is 2.32. The summed E-state index contributed by atoms with van der Waals surface area (Å²) in [5, 5.41) is 12.6. The van der Waals surface area contributed by atoms with Gasteiger partial charge in [-0.2, -0.15) is 5.26 Å². The van der Waals surface area contributed by atoms with Gasteiger partial charge in [0, 0.05) is 37.3 Å². The molecule has 0 spiro atoms. The van der Waals surface area contributed by atoms with E-state index >= 15 is 0 Å². The van der Waals surface area contributed by atoms with E-state index in [1.165, 1.54) is 11.3 Å². The zero-order valence-corrected chi connectivity index (χ0v) is 17.4. The van der Waals surface area contributed by atoms with E-state index in [2.05, 4.69) is 27.8 Å². The molecule has 0 atom stereocenters. The fraction of sp³-hybridized carbons (Fsp3) is 0.348. The number of amides is 1. The van der Waals surface area contributed by atoms with Crippen LogP contribution in [0.2, 0.25) is 0 Å². The first kappa shape index (κ1) is 19.4. The third-order valence-corrected chi connectivity index (χ3v) is 6.40. The first-order valence-electron chi connectivity index (χ1n) is 10.1. The third-order valence-electron chi connectivity index (χ3n) is 5.55. The molecule has 0 unspecified atom stereocenters. The maximum atomic E-state index is 13.0. The monoisotopic (exact) mass is 404 g/mol. The van der Waals surface area contributed by atoms with E-state index in [-0.39, 0.29) is 11.9 Å². The van der Waals surface area contributed by atoms with Crippen molar-refractivity contribution in [3.63, 3.8) is 0 Å². The van der Waals surface area contributed by atoms with Crippen LogP contribution in [0.3, 0.4) is 0 Å². The summed E-state index contributed by atoms with van der Waals surface area (Å²) in [6.45, 7) is 4.55. The van der Waals surface area contributed by atoms with Crippen LogP contribution in [0.15, 0.2) is 48.0 Å². The van der Waals surface area contributed by atoms with Crippen molar-refractivity contribution in [3.8, 4) is 6.07 Å². The molecule has 2 aromatic heterocycles. The lowest BCUT2D eigenvalue weighted by Crippen LogP contribution is -2.47. The van der Waals surface area contributed by atoms with Crippen LogP contribution >= 0.6 is 11.3 Å². The Morgan fingerprint density at radius 1 is 1.28 bits per heavy atom. The third kappa shape index (κ3) is 3.83. The lowest BCUT2D eigenvalue weighted by atomic mass is 9.99. The molecular weight excluding hydrogens is 380 g/mol. The standard InChI is InChI=1S/C23H24N4OS/c1-2-11-27(23(28)21-8-5-14-29-21)18-9-12-26(13-10-18)22-17(15-24)16-25-20-7-4-3-6-19(20)22/h3-8,14,16,18H,2,9-13H2,1H3. The number of pyridine rings is 1. The maximum absolute atomic E-state index is 13.0. The summed E-state index contributed by atoms with van der Waals surface area (Å²) in [4.78, 5) is 22.6. The number of aromatic nitrogens is 1. The Morgan fingerprint density at radius 3 is 2.76 bits per heavy atom. The number of nitriles is 1. The lowest BCUT2D eigenvalue weighted by Gasteiger charge is -2.39. The van der Waals surface area contributed by atoms with E-state index < -0.39 is 0 Å². The maximum Gasteiger partial charge on any atom is 0.264 e. The van der Waals surface area contributed by atoms with Crippen LogP contribution in [0.1, 0.15) is 41.4 Å². The Labute approximate surface area is 175 Å². The van der Waals surface area contributed by atoms with Gasteiger partial charge in [0.2, 0.25) is 0 Å². The normalized spacial score (nSPS) is 14.7. The van der Waals surface area contributed by atoms with Crippen LogP contribution in [0.25, 0.3) is 10.9 Å². The molecular formula is C23H24N4OS. The summed E-state index contributed by atoms with van der Waals surface area (Å²) in [5.41, 5.74) is 2.49. The smallest absolute Gasteiger partial charge is 0.264 e. The van der Waals surface area contributed by atoms with Crippen molar-refractivity contribution in [1.29, 1.82) is 5.26 Å². The number of carbonyl (C=O) groups is 1. The lowest BCUT2D eigenvalue weighted by molar-refractivity contribution is 0.0655. The van der Waals surface area contributed by atoms with Crippen LogP contribution in [-0.2, 0) is 0 Å². The average molecular weight is 405 g/mol. The number of benzene rings is 1. The number of rotatable bonds is 5. The molecule has 1 aliphatic rings.